The summed E-state index contributed by atoms with van der Waals surface area (Å²) in [5.74, 6) is -0.367. The summed E-state index contributed by atoms with van der Waals surface area (Å²) >= 11 is 0. The number of amides is 2. The van der Waals surface area contributed by atoms with Crippen molar-refractivity contribution in [2.45, 2.75) is 40.2 Å². The number of fused-ring (bicyclic) bond motifs is 1. The van der Waals surface area contributed by atoms with Crippen molar-refractivity contribution in [2.24, 2.45) is 0 Å². The molecular weight excluding hydrogens is 312 g/mol. The smallest absolute Gasteiger partial charge is 0.233 e. The van der Waals surface area contributed by atoms with Crippen LogP contribution in [0.25, 0.3) is 0 Å². The monoisotopic (exact) mass is 336 g/mol. The molecule has 4 heteroatoms. The number of hydrogen-bond donors (Lipinski definition) is 1. The van der Waals surface area contributed by atoms with Gasteiger partial charge in [-0.25, -0.2) is 0 Å². The van der Waals surface area contributed by atoms with Crippen LogP contribution in [0.4, 0.5) is 5.69 Å². The van der Waals surface area contributed by atoms with E-state index in [0.29, 0.717) is 13.1 Å². The molecule has 0 spiro atoms. The number of carbonyl (C=O) groups is 2. The van der Waals surface area contributed by atoms with E-state index in [2.05, 4.69) is 11.4 Å². The third kappa shape index (κ3) is 3.90. The van der Waals surface area contributed by atoms with Crippen LogP contribution >= 0.6 is 0 Å². The number of rotatable bonds is 3. The summed E-state index contributed by atoms with van der Waals surface area (Å²) in [5.41, 5.74) is 6.48. The average Bonchev–Trinajstić information content (AvgIpc) is 2.57. The molecule has 1 N–H and O–H groups in total. The first-order valence-corrected chi connectivity index (χ1v) is 8.66. The Balaban J connectivity index is 1.63. The fourth-order valence-corrected chi connectivity index (χ4v) is 3.52. The lowest BCUT2D eigenvalue weighted by molar-refractivity contribution is -0.135. The van der Waals surface area contributed by atoms with Crippen LogP contribution in [-0.4, -0.2) is 23.3 Å². The van der Waals surface area contributed by atoms with E-state index in [4.69, 9.17) is 0 Å². The molecule has 25 heavy (non-hydrogen) atoms. The van der Waals surface area contributed by atoms with Crippen LogP contribution in [-0.2, 0) is 22.6 Å². The maximum absolute atomic E-state index is 12.5. The van der Waals surface area contributed by atoms with E-state index in [-0.39, 0.29) is 18.2 Å². The maximum Gasteiger partial charge on any atom is 0.233 e. The van der Waals surface area contributed by atoms with E-state index in [9.17, 15) is 9.59 Å². The summed E-state index contributed by atoms with van der Waals surface area (Å²) in [4.78, 5) is 26.6. The highest BCUT2D eigenvalue weighted by molar-refractivity contribution is 6.04. The minimum atomic E-state index is -0.251. The number of hydrogen-bond acceptors (Lipinski definition) is 2. The predicted molar refractivity (Wildman–Crippen MR) is 99.5 cm³/mol. The highest BCUT2D eigenvalue weighted by Gasteiger charge is 2.22. The largest absolute Gasteiger partial charge is 0.338 e. The number of nitrogens with one attached hydrogen (secondary N) is 1. The lowest BCUT2D eigenvalue weighted by Crippen LogP contribution is -2.37. The van der Waals surface area contributed by atoms with Gasteiger partial charge in [0.15, 0.2) is 0 Å². The molecule has 1 aliphatic rings. The summed E-state index contributed by atoms with van der Waals surface area (Å²) in [7, 11) is 0. The zero-order valence-electron chi connectivity index (χ0n) is 15.1. The second-order valence-corrected chi connectivity index (χ2v) is 6.83. The summed E-state index contributed by atoms with van der Waals surface area (Å²) in [5, 5.41) is 2.91. The molecule has 0 aliphatic carbocycles. The molecule has 0 radical (unpaired) electrons. The second kappa shape index (κ2) is 7.09. The molecule has 1 heterocycles. The van der Waals surface area contributed by atoms with Crippen molar-refractivity contribution in [3.8, 4) is 0 Å². The quantitative estimate of drug-likeness (QED) is 0.872. The summed E-state index contributed by atoms with van der Waals surface area (Å²) in [6.45, 7) is 7.23. The van der Waals surface area contributed by atoms with Gasteiger partial charge in [-0.05, 0) is 49.4 Å². The van der Waals surface area contributed by atoms with Crippen LogP contribution in [0.15, 0.2) is 36.4 Å². The van der Waals surface area contributed by atoms with Gasteiger partial charge in [-0.15, -0.1) is 0 Å². The fourth-order valence-electron chi connectivity index (χ4n) is 3.52. The van der Waals surface area contributed by atoms with Gasteiger partial charge in [0.05, 0.1) is 0 Å². The van der Waals surface area contributed by atoms with Gasteiger partial charge in [0.1, 0.15) is 6.42 Å². The third-order valence-electron chi connectivity index (χ3n) is 4.74. The Kier molecular flexibility index (Phi) is 4.88. The van der Waals surface area contributed by atoms with Crippen molar-refractivity contribution in [1.82, 2.24) is 4.90 Å². The summed E-state index contributed by atoms with van der Waals surface area (Å²) in [6.07, 6.45) is 0.731. The minimum Gasteiger partial charge on any atom is -0.338 e. The van der Waals surface area contributed by atoms with Gasteiger partial charge >= 0.3 is 0 Å². The van der Waals surface area contributed by atoms with Gasteiger partial charge < -0.3 is 10.2 Å². The lowest BCUT2D eigenvalue weighted by atomic mass is 10.00. The number of anilines is 1. The first kappa shape index (κ1) is 17.2. The summed E-state index contributed by atoms with van der Waals surface area (Å²) < 4.78 is 0. The average molecular weight is 336 g/mol. The Morgan fingerprint density at radius 1 is 1.04 bits per heavy atom. The number of benzene rings is 2. The molecule has 0 atom stereocenters. The van der Waals surface area contributed by atoms with Crippen LogP contribution in [0.5, 0.6) is 0 Å². The van der Waals surface area contributed by atoms with E-state index >= 15 is 0 Å². The number of nitrogens with zero attached hydrogens (tertiary/aromatic N) is 1. The fraction of sp³-hybridized carbons (Fsp3) is 0.333. The van der Waals surface area contributed by atoms with Crippen molar-refractivity contribution in [3.05, 3.63) is 64.2 Å². The Labute approximate surface area is 148 Å². The van der Waals surface area contributed by atoms with Crippen LogP contribution in [0.3, 0.4) is 0 Å². The molecule has 0 saturated carbocycles. The molecule has 0 fully saturated rings. The molecule has 2 aromatic carbocycles. The van der Waals surface area contributed by atoms with Gasteiger partial charge in [0.2, 0.25) is 11.8 Å². The highest BCUT2D eigenvalue weighted by atomic mass is 16.2. The standard InChI is InChI=1S/C21H24N2O2/c1-14-10-15(2)21(16(3)11-14)22-19(24)12-20(25)23-9-8-17-6-4-5-7-18(17)13-23/h4-7,10-11H,8-9,12-13H2,1-3H3,(H,22,24). The van der Waals surface area contributed by atoms with Crippen LogP contribution in [0.1, 0.15) is 34.2 Å². The molecule has 2 amide bonds. The van der Waals surface area contributed by atoms with Crippen LogP contribution < -0.4 is 5.32 Å². The van der Waals surface area contributed by atoms with Gasteiger partial charge in [0.25, 0.3) is 0 Å². The molecule has 4 nitrogen and oxygen atoms in total. The maximum atomic E-state index is 12.5. The van der Waals surface area contributed by atoms with E-state index < -0.39 is 0 Å². The zero-order valence-corrected chi connectivity index (χ0v) is 15.1. The van der Waals surface area contributed by atoms with E-state index in [1.54, 1.807) is 4.90 Å². The number of carbonyl (C=O) groups excluding carboxylic acids is 2. The summed E-state index contributed by atoms with van der Waals surface area (Å²) in [6, 6.07) is 12.2. The molecule has 0 aromatic heterocycles. The van der Waals surface area contributed by atoms with Gasteiger partial charge in [0, 0.05) is 18.8 Å². The third-order valence-corrected chi connectivity index (χ3v) is 4.74. The zero-order chi connectivity index (χ0) is 18.0. The van der Waals surface area contributed by atoms with Crippen molar-refractivity contribution in [3.63, 3.8) is 0 Å². The number of aryl methyl sites for hydroxylation is 3. The molecule has 2 aromatic rings. The molecule has 130 valence electrons. The molecular formula is C21H24N2O2. The van der Waals surface area contributed by atoms with Crippen LogP contribution in [0, 0.1) is 20.8 Å². The molecule has 1 aliphatic heterocycles. The first-order valence-electron chi connectivity index (χ1n) is 8.66. The van der Waals surface area contributed by atoms with E-state index in [0.717, 1.165) is 28.8 Å². The Morgan fingerprint density at radius 2 is 1.68 bits per heavy atom. The minimum absolute atomic E-state index is 0.116. The predicted octanol–water partition coefficient (Wildman–Crippen LogP) is 3.53. The normalized spacial score (nSPS) is 13.3. The van der Waals surface area contributed by atoms with Gasteiger partial charge in [-0.2, -0.15) is 0 Å². The molecule has 3 rings (SSSR count). The lowest BCUT2D eigenvalue weighted by Gasteiger charge is -2.28. The van der Waals surface area contributed by atoms with Crippen molar-refractivity contribution in [2.75, 3.05) is 11.9 Å². The topological polar surface area (TPSA) is 49.4 Å². The van der Waals surface area contributed by atoms with Crippen molar-refractivity contribution < 1.29 is 9.59 Å². The Morgan fingerprint density at radius 3 is 2.36 bits per heavy atom. The van der Waals surface area contributed by atoms with Gasteiger partial charge in [-0.3, -0.25) is 9.59 Å². The Bertz CT molecular complexity index is 803. The van der Waals surface area contributed by atoms with E-state index in [1.165, 1.54) is 11.1 Å². The Hall–Kier alpha value is -2.62. The highest BCUT2D eigenvalue weighted by Crippen LogP contribution is 2.23. The molecule has 0 saturated heterocycles. The molecule has 0 unspecified atom stereocenters. The van der Waals surface area contributed by atoms with Crippen molar-refractivity contribution >= 4 is 17.5 Å². The van der Waals surface area contributed by atoms with Crippen LogP contribution in [0.2, 0.25) is 0 Å². The SMILES string of the molecule is Cc1cc(C)c(NC(=O)CC(=O)N2CCc3ccccc3C2)c(C)c1. The first-order chi connectivity index (χ1) is 11.9. The molecule has 0 bridgehead atoms. The van der Waals surface area contributed by atoms with E-state index in [1.807, 2.05) is 51.1 Å². The van der Waals surface area contributed by atoms with Crippen molar-refractivity contribution in [1.29, 1.82) is 0 Å². The van der Waals surface area contributed by atoms with Gasteiger partial charge in [-0.1, -0.05) is 42.0 Å². The second-order valence-electron chi connectivity index (χ2n) is 6.83.